The van der Waals surface area contributed by atoms with Crippen LogP contribution < -0.4 is 4.74 Å². The molecule has 0 aliphatic rings. The molecule has 5 nitrogen and oxygen atoms in total. The molecule has 0 fully saturated rings. The van der Waals surface area contributed by atoms with Crippen molar-refractivity contribution in [2.45, 2.75) is 13.0 Å². The highest BCUT2D eigenvalue weighted by molar-refractivity contribution is 6.30. The van der Waals surface area contributed by atoms with E-state index in [2.05, 4.69) is 15.5 Å². The summed E-state index contributed by atoms with van der Waals surface area (Å²) in [6.45, 7) is 1.74. The Morgan fingerprint density at radius 3 is 2.82 bits per heavy atom. The van der Waals surface area contributed by atoms with Gasteiger partial charge in [0, 0.05) is 12.1 Å². The van der Waals surface area contributed by atoms with Crippen LogP contribution in [0.3, 0.4) is 0 Å². The minimum absolute atomic E-state index is 0.116. The van der Waals surface area contributed by atoms with Crippen LogP contribution in [-0.2, 0) is 7.05 Å². The molecule has 0 saturated heterocycles. The highest BCUT2D eigenvalue weighted by atomic mass is 35.5. The van der Waals surface area contributed by atoms with Crippen molar-refractivity contribution in [3.63, 3.8) is 0 Å². The van der Waals surface area contributed by atoms with Crippen LogP contribution in [0.25, 0.3) is 0 Å². The van der Waals surface area contributed by atoms with Crippen molar-refractivity contribution in [1.82, 2.24) is 20.2 Å². The van der Waals surface area contributed by atoms with Crippen LogP contribution in [0.5, 0.6) is 5.75 Å². The van der Waals surface area contributed by atoms with Gasteiger partial charge in [0.15, 0.2) is 23.5 Å². The Kier molecular flexibility index (Phi) is 3.23. The fraction of sp³-hybridized carbons (Fsp3) is 0.300. The number of aromatic nitrogens is 4. The van der Waals surface area contributed by atoms with Crippen molar-refractivity contribution in [2.24, 2.45) is 7.05 Å². The smallest absolute Gasteiger partial charge is 0.191 e. The van der Waals surface area contributed by atoms with E-state index in [1.807, 2.05) is 0 Å². The van der Waals surface area contributed by atoms with Crippen LogP contribution >= 0.6 is 11.6 Å². The molecule has 0 bridgehead atoms. The summed E-state index contributed by atoms with van der Waals surface area (Å²) in [5, 5.41) is 11.3. The topological polar surface area (TPSA) is 52.8 Å². The maximum Gasteiger partial charge on any atom is 0.191 e. The fourth-order valence-electron chi connectivity index (χ4n) is 1.39. The van der Waals surface area contributed by atoms with Crippen LogP contribution in [-0.4, -0.2) is 20.2 Å². The number of hydrogen-bond acceptors (Lipinski definition) is 4. The monoisotopic (exact) mass is 256 g/mol. The minimum atomic E-state index is -0.514. The molecule has 1 unspecified atom stereocenters. The first kappa shape index (κ1) is 11.8. The average Bonchev–Trinajstić information content (AvgIpc) is 2.68. The summed E-state index contributed by atoms with van der Waals surface area (Å²) < 4.78 is 20.4. The first-order valence-electron chi connectivity index (χ1n) is 4.92. The lowest BCUT2D eigenvalue weighted by molar-refractivity contribution is 0.201. The molecule has 2 rings (SSSR count). The zero-order chi connectivity index (χ0) is 12.4. The zero-order valence-corrected chi connectivity index (χ0v) is 10.0. The number of nitrogens with zero attached hydrogens (tertiary/aromatic N) is 4. The van der Waals surface area contributed by atoms with Crippen molar-refractivity contribution in [3.8, 4) is 5.75 Å². The number of aryl methyl sites for hydroxylation is 1. The second-order valence-electron chi connectivity index (χ2n) is 3.50. The molecule has 0 amide bonds. The molecular weight excluding hydrogens is 247 g/mol. The Labute approximate surface area is 102 Å². The number of tetrazole rings is 1. The van der Waals surface area contributed by atoms with E-state index in [1.54, 1.807) is 20.0 Å². The molecule has 90 valence electrons. The van der Waals surface area contributed by atoms with E-state index in [0.29, 0.717) is 10.8 Å². The number of hydrogen-bond donors (Lipinski definition) is 0. The lowest BCUT2D eigenvalue weighted by atomic mass is 10.3. The molecule has 7 heteroatoms. The Bertz CT molecular complexity index is 531. The van der Waals surface area contributed by atoms with Gasteiger partial charge in [-0.05, 0) is 35.5 Å². The second-order valence-corrected chi connectivity index (χ2v) is 3.93. The van der Waals surface area contributed by atoms with Crippen LogP contribution in [0.2, 0.25) is 5.02 Å². The Morgan fingerprint density at radius 1 is 1.47 bits per heavy atom. The van der Waals surface area contributed by atoms with E-state index < -0.39 is 11.9 Å². The quantitative estimate of drug-likeness (QED) is 0.844. The van der Waals surface area contributed by atoms with E-state index in [4.69, 9.17) is 16.3 Å². The molecule has 1 aromatic heterocycles. The Balaban J connectivity index is 2.19. The van der Waals surface area contributed by atoms with Crippen molar-refractivity contribution in [1.29, 1.82) is 0 Å². The first-order valence-corrected chi connectivity index (χ1v) is 5.29. The lowest BCUT2D eigenvalue weighted by Crippen LogP contribution is -2.10. The van der Waals surface area contributed by atoms with Gasteiger partial charge in [-0.1, -0.05) is 11.6 Å². The summed E-state index contributed by atoms with van der Waals surface area (Å²) in [6, 6.07) is 4.22. The Hall–Kier alpha value is -1.69. The van der Waals surface area contributed by atoms with Gasteiger partial charge < -0.3 is 4.74 Å². The van der Waals surface area contributed by atoms with Crippen LogP contribution in [0.1, 0.15) is 18.9 Å². The van der Waals surface area contributed by atoms with Crippen molar-refractivity contribution in [3.05, 3.63) is 34.9 Å². The molecule has 2 aromatic rings. The summed E-state index contributed by atoms with van der Waals surface area (Å²) in [5.41, 5.74) is 0. The largest absolute Gasteiger partial charge is 0.480 e. The summed E-state index contributed by atoms with van der Waals surface area (Å²) in [5.74, 6) is 0.115. The standard InChI is InChI=1S/C10H10ClFN4O/c1-6(10-13-14-15-16(10)2)17-9-4-3-7(11)5-8(9)12/h3-6H,1-2H3. The predicted octanol–water partition coefficient (Wildman–Crippen LogP) is 2.14. The third kappa shape index (κ3) is 2.52. The summed E-state index contributed by atoms with van der Waals surface area (Å²) >= 11 is 5.65. The maximum absolute atomic E-state index is 13.5. The molecule has 0 spiro atoms. The van der Waals surface area contributed by atoms with E-state index in [1.165, 1.54) is 16.8 Å². The molecule has 0 N–H and O–H groups in total. The highest BCUT2D eigenvalue weighted by Gasteiger charge is 2.16. The second kappa shape index (κ2) is 4.67. The molecule has 0 aliphatic carbocycles. The number of rotatable bonds is 3. The van der Waals surface area contributed by atoms with Crippen LogP contribution in [0.15, 0.2) is 18.2 Å². The molecule has 1 heterocycles. The average molecular weight is 257 g/mol. The van der Waals surface area contributed by atoms with Gasteiger partial charge in [0.25, 0.3) is 0 Å². The van der Waals surface area contributed by atoms with Gasteiger partial charge in [-0.2, -0.15) is 0 Å². The molecule has 1 aromatic carbocycles. The van der Waals surface area contributed by atoms with E-state index in [0.717, 1.165) is 0 Å². The third-order valence-corrected chi connectivity index (χ3v) is 2.45. The van der Waals surface area contributed by atoms with Crippen molar-refractivity contribution in [2.75, 3.05) is 0 Å². The lowest BCUT2D eigenvalue weighted by Gasteiger charge is -2.13. The van der Waals surface area contributed by atoms with Gasteiger partial charge in [-0.3, -0.25) is 0 Å². The maximum atomic E-state index is 13.5. The van der Waals surface area contributed by atoms with Gasteiger partial charge in [-0.15, -0.1) is 5.10 Å². The molecule has 0 saturated carbocycles. The zero-order valence-electron chi connectivity index (χ0n) is 9.26. The summed E-state index contributed by atoms with van der Waals surface area (Å²) in [4.78, 5) is 0. The van der Waals surface area contributed by atoms with Gasteiger partial charge in [-0.25, -0.2) is 9.07 Å². The summed E-state index contributed by atoms with van der Waals surface area (Å²) in [6.07, 6.45) is -0.453. The molecular formula is C10H10ClFN4O. The van der Waals surface area contributed by atoms with E-state index in [-0.39, 0.29) is 5.75 Å². The highest BCUT2D eigenvalue weighted by Crippen LogP contribution is 2.25. The van der Waals surface area contributed by atoms with Crippen molar-refractivity contribution < 1.29 is 9.13 Å². The fourth-order valence-corrected chi connectivity index (χ4v) is 1.55. The molecule has 1 atom stereocenters. The molecule has 0 aliphatic heterocycles. The van der Waals surface area contributed by atoms with Crippen molar-refractivity contribution >= 4 is 11.6 Å². The number of halogens is 2. The van der Waals surface area contributed by atoms with Crippen LogP contribution in [0, 0.1) is 5.82 Å². The minimum Gasteiger partial charge on any atom is -0.480 e. The normalized spacial score (nSPS) is 12.5. The number of benzene rings is 1. The van der Waals surface area contributed by atoms with Gasteiger partial charge in [0.2, 0.25) is 0 Å². The molecule has 0 radical (unpaired) electrons. The van der Waals surface area contributed by atoms with E-state index >= 15 is 0 Å². The van der Waals surface area contributed by atoms with Crippen LogP contribution in [0.4, 0.5) is 4.39 Å². The summed E-state index contributed by atoms with van der Waals surface area (Å²) in [7, 11) is 1.69. The molecule has 17 heavy (non-hydrogen) atoms. The number of ether oxygens (including phenoxy) is 1. The van der Waals surface area contributed by atoms with Gasteiger partial charge in [0.1, 0.15) is 0 Å². The third-order valence-electron chi connectivity index (χ3n) is 2.21. The van der Waals surface area contributed by atoms with Gasteiger partial charge in [0.05, 0.1) is 0 Å². The first-order chi connectivity index (χ1) is 8.08. The Morgan fingerprint density at radius 2 is 2.24 bits per heavy atom. The SMILES string of the molecule is CC(Oc1ccc(Cl)cc1F)c1nnnn1C. The predicted molar refractivity (Wildman–Crippen MR) is 59.3 cm³/mol. The van der Waals surface area contributed by atoms with E-state index in [9.17, 15) is 4.39 Å². The van der Waals surface area contributed by atoms with Gasteiger partial charge >= 0.3 is 0 Å².